The molecule has 4 aromatic rings. The number of benzene rings is 2. The van der Waals surface area contributed by atoms with Crippen LogP contribution in [0.1, 0.15) is 44.2 Å². The van der Waals surface area contributed by atoms with E-state index < -0.39 is 11.6 Å². The van der Waals surface area contributed by atoms with Gasteiger partial charge in [0, 0.05) is 10.4 Å². The zero-order valence-electron chi connectivity index (χ0n) is 21.0. The summed E-state index contributed by atoms with van der Waals surface area (Å²) in [4.78, 5) is 30.2. The fourth-order valence-electron chi connectivity index (χ4n) is 3.97. The van der Waals surface area contributed by atoms with E-state index in [1.54, 1.807) is 20.9 Å². The highest BCUT2D eigenvalue weighted by Crippen LogP contribution is 2.28. The summed E-state index contributed by atoms with van der Waals surface area (Å²) in [5, 5.41) is 13.4. The second kappa shape index (κ2) is 10.9. The maximum absolute atomic E-state index is 13.9. The maximum atomic E-state index is 13.9. The number of thiophene rings is 1. The van der Waals surface area contributed by atoms with E-state index in [4.69, 9.17) is 4.74 Å². The van der Waals surface area contributed by atoms with Gasteiger partial charge in [0.15, 0.2) is 0 Å². The molecule has 9 heteroatoms. The van der Waals surface area contributed by atoms with Crippen LogP contribution in [0.3, 0.4) is 0 Å². The highest BCUT2D eigenvalue weighted by Gasteiger charge is 2.34. The molecule has 1 N–H and O–H groups in total. The average Bonchev–Trinajstić information content (AvgIpc) is 3.49. The Labute approximate surface area is 214 Å². The highest BCUT2D eigenvalue weighted by molar-refractivity contribution is 7.09. The van der Waals surface area contributed by atoms with Gasteiger partial charge in [-0.1, -0.05) is 35.5 Å². The summed E-state index contributed by atoms with van der Waals surface area (Å²) in [7, 11) is 0. The fraction of sp³-hybridized carbons (Fsp3) is 0.333. The number of para-hydroxylation sites is 1. The summed E-state index contributed by atoms with van der Waals surface area (Å²) in [6.07, 6.45) is 0. The quantitative estimate of drug-likeness (QED) is 0.360. The zero-order valence-corrected chi connectivity index (χ0v) is 21.8. The molecule has 0 saturated carbocycles. The van der Waals surface area contributed by atoms with E-state index >= 15 is 0 Å². The summed E-state index contributed by atoms with van der Waals surface area (Å²) < 4.78 is 7.17. The lowest BCUT2D eigenvalue weighted by molar-refractivity contribution is -0.142. The van der Waals surface area contributed by atoms with E-state index in [0.29, 0.717) is 30.0 Å². The number of nitrogens with zero attached hydrogens (tertiary/aromatic N) is 4. The summed E-state index contributed by atoms with van der Waals surface area (Å²) in [6, 6.07) is 17.9. The molecule has 2 heterocycles. The lowest BCUT2D eigenvalue weighted by Gasteiger charge is -2.33. The Hall–Kier alpha value is -3.72. The lowest BCUT2D eigenvalue weighted by atomic mass is 10.0. The van der Waals surface area contributed by atoms with Gasteiger partial charge < -0.3 is 15.0 Å². The third kappa shape index (κ3) is 6.09. The van der Waals surface area contributed by atoms with Gasteiger partial charge >= 0.3 is 0 Å². The van der Waals surface area contributed by atoms with Gasteiger partial charge in [0.25, 0.3) is 0 Å². The predicted octanol–water partition coefficient (Wildman–Crippen LogP) is 4.58. The highest BCUT2D eigenvalue weighted by atomic mass is 32.1. The minimum Gasteiger partial charge on any atom is -0.494 e. The van der Waals surface area contributed by atoms with E-state index in [-0.39, 0.29) is 18.4 Å². The largest absolute Gasteiger partial charge is 0.494 e. The predicted molar refractivity (Wildman–Crippen MR) is 141 cm³/mol. The minimum absolute atomic E-state index is 0.0395. The first-order valence-electron chi connectivity index (χ1n) is 11.9. The Balaban J connectivity index is 1.73. The van der Waals surface area contributed by atoms with Crippen LogP contribution in [-0.4, -0.2) is 43.9 Å². The number of fused-ring (bicyclic) bond motifs is 1. The normalized spacial score (nSPS) is 12.3. The van der Waals surface area contributed by atoms with Gasteiger partial charge in [0.05, 0.1) is 18.7 Å². The number of rotatable bonds is 9. The van der Waals surface area contributed by atoms with E-state index in [9.17, 15) is 9.59 Å². The third-order valence-electron chi connectivity index (χ3n) is 5.50. The molecule has 0 fully saturated rings. The number of nitrogens with one attached hydrogen (secondary N) is 1. The van der Waals surface area contributed by atoms with Crippen molar-refractivity contribution >= 4 is 34.2 Å². The Bertz CT molecular complexity index is 1310. The summed E-state index contributed by atoms with van der Waals surface area (Å²) >= 11 is 1.55. The average molecular weight is 506 g/mol. The van der Waals surface area contributed by atoms with Gasteiger partial charge in [0.2, 0.25) is 11.8 Å². The van der Waals surface area contributed by atoms with Crippen molar-refractivity contribution in [2.24, 2.45) is 0 Å². The van der Waals surface area contributed by atoms with E-state index in [1.165, 1.54) is 0 Å². The smallest absolute Gasteiger partial charge is 0.247 e. The van der Waals surface area contributed by atoms with Gasteiger partial charge in [-0.3, -0.25) is 9.59 Å². The van der Waals surface area contributed by atoms with Crippen molar-refractivity contribution in [1.29, 1.82) is 0 Å². The van der Waals surface area contributed by atoms with Crippen molar-refractivity contribution in [2.75, 3.05) is 6.61 Å². The molecule has 0 aliphatic carbocycles. The SMILES string of the molecule is CCOc1ccc([C@@H](C(=O)NC(C)(C)C)N(Cc2cccs2)C(=O)Cn2nnc3ccccc32)cc1. The van der Waals surface area contributed by atoms with E-state index in [0.717, 1.165) is 10.4 Å². The standard InChI is InChI=1S/C27H31N5O3S/c1-5-35-20-14-12-19(13-15-20)25(26(34)28-27(2,3)4)31(17-21-9-8-16-36-21)24(33)18-32-23-11-7-6-10-22(23)29-30-32/h6-16,25H,5,17-18H2,1-4H3,(H,28,34)/t25-/m0/s1. The van der Waals surface area contributed by atoms with Gasteiger partial charge in [-0.25, -0.2) is 4.68 Å². The maximum Gasteiger partial charge on any atom is 0.247 e. The van der Waals surface area contributed by atoms with Crippen LogP contribution in [0.5, 0.6) is 5.75 Å². The number of hydrogen-bond acceptors (Lipinski definition) is 6. The Morgan fingerprint density at radius 3 is 2.50 bits per heavy atom. The second-order valence-electron chi connectivity index (χ2n) is 9.48. The molecule has 0 spiro atoms. The zero-order chi connectivity index (χ0) is 25.7. The van der Waals surface area contributed by atoms with Crippen LogP contribution in [0.2, 0.25) is 0 Å². The molecule has 2 amide bonds. The molecule has 4 rings (SSSR count). The van der Waals surface area contributed by atoms with Gasteiger partial charge in [-0.05, 0) is 69.0 Å². The number of carbonyl (C=O) groups is 2. The summed E-state index contributed by atoms with van der Waals surface area (Å²) in [5.74, 6) is 0.225. The van der Waals surface area contributed by atoms with Crippen molar-refractivity contribution in [3.63, 3.8) is 0 Å². The van der Waals surface area contributed by atoms with Gasteiger partial charge in [-0.15, -0.1) is 16.4 Å². The lowest BCUT2D eigenvalue weighted by Crippen LogP contribution is -2.49. The Kier molecular flexibility index (Phi) is 7.69. The molecule has 0 aliphatic rings. The third-order valence-corrected chi connectivity index (χ3v) is 6.36. The van der Waals surface area contributed by atoms with Crippen LogP contribution in [0.25, 0.3) is 11.0 Å². The van der Waals surface area contributed by atoms with Crippen molar-refractivity contribution in [1.82, 2.24) is 25.2 Å². The van der Waals surface area contributed by atoms with E-state index in [1.807, 2.05) is 93.7 Å². The number of carbonyl (C=O) groups excluding carboxylic acids is 2. The molecular weight excluding hydrogens is 474 g/mol. The second-order valence-corrected chi connectivity index (χ2v) is 10.5. The molecule has 0 bridgehead atoms. The van der Waals surface area contributed by atoms with Crippen LogP contribution in [0, 0.1) is 0 Å². The van der Waals surface area contributed by atoms with Crippen LogP contribution < -0.4 is 10.1 Å². The van der Waals surface area contributed by atoms with Crippen LogP contribution in [0.15, 0.2) is 66.0 Å². The van der Waals surface area contributed by atoms with Gasteiger partial charge in [-0.2, -0.15) is 0 Å². The summed E-state index contributed by atoms with van der Waals surface area (Å²) in [6.45, 7) is 8.49. The molecule has 2 aromatic carbocycles. The molecule has 188 valence electrons. The van der Waals surface area contributed by atoms with Crippen molar-refractivity contribution < 1.29 is 14.3 Å². The number of hydrogen-bond donors (Lipinski definition) is 1. The number of aromatic nitrogens is 3. The topological polar surface area (TPSA) is 89.4 Å². The molecular formula is C27H31N5O3S. The molecule has 8 nitrogen and oxygen atoms in total. The molecule has 0 aliphatic heterocycles. The van der Waals surface area contributed by atoms with E-state index in [2.05, 4.69) is 15.6 Å². The number of amides is 2. The Morgan fingerprint density at radius 2 is 1.83 bits per heavy atom. The number of ether oxygens (including phenoxy) is 1. The molecule has 0 radical (unpaired) electrons. The van der Waals surface area contributed by atoms with Crippen LogP contribution in [0.4, 0.5) is 0 Å². The molecule has 0 unspecified atom stereocenters. The van der Waals surface area contributed by atoms with Gasteiger partial charge in [0.1, 0.15) is 23.9 Å². The molecule has 0 saturated heterocycles. The summed E-state index contributed by atoms with van der Waals surface area (Å²) in [5.41, 5.74) is 1.70. The first-order chi connectivity index (χ1) is 17.2. The first kappa shape index (κ1) is 25.4. The van der Waals surface area contributed by atoms with Crippen molar-refractivity contribution in [2.45, 2.75) is 52.4 Å². The van der Waals surface area contributed by atoms with Crippen LogP contribution in [-0.2, 0) is 22.7 Å². The molecule has 36 heavy (non-hydrogen) atoms. The minimum atomic E-state index is -0.843. The first-order valence-corrected chi connectivity index (χ1v) is 12.8. The fourth-order valence-corrected chi connectivity index (χ4v) is 4.67. The molecule has 2 aromatic heterocycles. The van der Waals surface area contributed by atoms with Crippen molar-refractivity contribution in [3.05, 3.63) is 76.5 Å². The van der Waals surface area contributed by atoms with Crippen molar-refractivity contribution in [3.8, 4) is 5.75 Å². The monoisotopic (exact) mass is 505 g/mol. The molecule has 1 atom stereocenters. The van der Waals surface area contributed by atoms with Crippen LogP contribution >= 0.6 is 11.3 Å². The Morgan fingerprint density at radius 1 is 1.08 bits per heavy atom.